The van der Waals surface area contributed by atoms with E-state index in [2.05, 4.69) is 31.6 Å². The van der Waals surface area contributed by atoms with Gasteiger partial charge in [0.2, 0.25) is 17.7 Å². The third kappa shape index (κ3) is 12.1. The van der Waals surface area contributed by atoms with Crippen molar-refractivity contribution in [2.45, 2.75) is 159 Å². The number of aliphatic hydroxyl groups is 5. The molecule has 6 heterocycles. The third-order valence-electron chi connectivity index (χ3n) is 16.0. The van der Waals surface area contributed by atoms with Gasteiger partial charge in [-0.3, -0.25) is 49.3 Å². The highest BCUT2D eigenvalue weighted by Gasteiger charge is 2.49. The standard InChI is InChI=1S/C56H70FN9O12/c1-3-56(77)36-23-42-52-34(28-66(42)54(75)35(36)29-78-55(56)76)51-38(17-16-33-30(2)37(57)24-40(64-52)50(33)51)62-45(69)15-10-13-32-22-39(61-32)43(67)25-60-53(74)41(21-31-11-6-4-7-12-31)63-47(71)27-59-46(70)26-58-44(68)14-8-5-9-20-65-48(72)18-19-49(65)73/h4,6,11,18-19,23-24,38-39,41,45-46,54-55,59,62,69-70,75-77H,3,5,7-10,12-17,20-22,25-29H2,1-2H3,(H,58,68)(H,60,74)(H,63,71)/t38-,39?,41?,45?,46?,54?,55?,56-/m0/s1. The zero-order valence-electron chi connectivity index (χ0n) is 44.0. The number of amides is 5. The number of carbonyl (C=O) groups is 6. The number of aromatic nitrogens is 1. The topological polar surface area (TPSA) is 305 Å². The van der Waals surface area contributed by atoms with Gasteiger partial charge in [0.25, 0.3) is 11.8 Å². The van der Waals surface area contributed by atoms with Crippen molar-refractivity contribution >= 4 is 57.6 Å². The Morgan fingerprint density at radius 2 is 1.77 bits per heavy atom. The van der Waals surface area contributed by atoms with Crippen LogP contribution < -0.4 is 26.6 Å². The molecule has 1 aromatic heterocycles. The fraction of sp³-hybridized carbons (Fsp3) is 0.536. The average molecular weight is 1080 g/mol. The van der Waals surface area contributed by atoms with Crippen LogP contribution in [0.25, 0.3) is 16.6 Å². The maximum atomic E-state index is 15.4. The van der Waals surface area contributed by atoms with Gasteiger partial charge in [-0.25, -0.2) is 9.37 Å². The minimum absolute atomic E-state index is 0.0751. The van der Waals surface area contributed by atoms with Crippen LogP contribution >= 0.6 is 0 Å². The van der Waals surface area contributed by atoms with Gasteiger partial charge in [0.05, 0.1) is 43.1 Å². The number of aliphatic imine (C=N–C) groups is 1. The number of rotatable bonds is 25. The molecule has 0 saturated heterocycles. The van der Waals surface area contributed by atoms with Gasteiger partial charge in [-0.15, -0.1) is 0 Å². The Kier molecular flexibility index (Phi) is 17.6. The lowest BCUT2D eigenvalue weighted by Gasteiger charge is -2.44. The molecule has 2 aliphatic carbocycles. The van der Waals surface area contributed by atoms with Gasteiger partial charge in [0, 0.05) is 72.4 Å². The molecule has 0 fully saturated rings. The number of fused-ring (bicyclic) bond motifs is 4. The summed E-state index contributed by atoms with van der Waals surface area (Å²) in [6, 6.07) is -0.578. The van der Waals surface area contributed by atoms with E-state index in [1.165, 1.54) is 18.2 Å². The zero-order chi connectivity index (χ0) is 55.4. The number of aryl methyl sites for hydroxylation is 1. The van der Waals surface area contributed by atoms with Gasteiger partial charge < -0.3 is 51.1 Å². The summed E-state index contributed by atoms with van der Waals surface area (Å²) in [7, 11) is 0. The van der Waals surface area contributed by atoms with Crippen molar-refractivity contribution in [2.75, 3.05) is 32.8 Å². The summed E-state index contributed by atoms with van der Waals surface area (Å²) in [4.78, 5) is 87.8. The number of imide groups is 1. The van der Waals surface area contributed by atoms with E-state index in [9.17, 15) is 54.3 Å². The molecule has 0 saturated carbocycles. The van der Waals surface area contributed by atoms with Crippen LogP contribution in [0.1, 0.15) is 124 Å². The van der Waals surface area contributed by atoms with E-state index < -0.39 is 54.5 Å². The van der Waals surface area contributed by atoms with Crippen molar-refractivity contribution in [1.82, 2.24) is 41.4 Å². The van der Waals surface area contributed by atoms with Gasteiger partial charge in [-0.2, -0.15) is 0 Å². The lowest BCUT2D eigenvalue weighted by Crippen LogP contribution is -2.52. The molecule has 5 aliphatic heterocycles. The molecule has 5 amide bonds. The number of nitrogens with one attached hydrogen (secondary N) is 5. The van der Waals surface area contributed by atoms with Crippen LogP contribution in [0.15, 0.2) is 64.2 Å². The monoisotopic (exact) mass is 1080 g/mol. The van der Waals surface area contributed by atoms with Gasteiger partial charge in [0.15, 0.2) is 18.3 Å². The molecule has 78 heavy (non-hydrogen) atoms. The second-order valence-electron chi connectivity index (χ2n) is 21.2. The van der Waals surface area contributed by atoms with Gasteiger partial charge in [0.1, 0.15) is 36.0 Å². The van der Waals surface area contributed by atoms with Crippen molar-refractivity contribution in [3.05, 3.63) is 93.0 Å². The molecule has 7 aliphatic rings. The molecule has 22 heteroatoms. The van der Waals surface area contributed by atoms with Crippen molar-refractivity contribution in [3.8, 4) is 0 Å². The normalized spacial score (nSPS) is 24.2. The summed E-state index contributed by atoms with van der Waals surface area (Å²) in [6.07, 6.45) is 11.7. The summed E-state index contributed by atoms with van der Waals surface area (Å²) < 4.78 is 20.9. The van der Waals surface area contributed by atoms with Crippen LogP contribution in [0.5, 0.6) is 0 Å². The Morgan fingerprint density at radius 3 is 2.51 bits per heavy atom. The molecule has 8 atom stereocenters. The number of Topliss-reactive ketones (excluding diaryl/α,β-unsaturated/α-hetero) is 1. The lowest BCUT2D eigenvalue weighted by molar-refractivity contribution is -0.206. The fourth-order valence-electron chi connectivity index (χ4n) is 11.5. The predicted molar refractivity (Wildman–Crippen MR) is 282 cm³/mol. The Bertz CT molecular complexity index is 2920. The number of allylic oxidation sites excluding steroid dienone is 3. The quantitative estimate of drug-likeness (QED) is 0.0384. The van der Waals surface area contributed by atoms with E-state index in [1.807, 2.05) is 18.2 Å². The first-order chi connectivity index (χ1) is 37.4. The van der Waals surface area contributed by atoms with Gasteiger partial charge >= 0.3 is 0 Å². The minimum atomic E-state index is -1.76. The van der Waals surface area contributed by atoms with E-state index in [0.29, 0.717) is 97.8 Å². The van der Waals surface area contributed by atoms with Gasteiger partial charge in [-0.05, 0) is 106 Å². The predicted octanol–water partition coefficient (Wildman–Crippen LogP) is 1.58. The molecule has 6 unspecified atom stereocenters. The largest absolute Gasteiger partial charge is 0.380 e. The van der Waals surface area contributed by atoms with Crippen molar-refractivity contribution in [2.24, 2.45) is 4.99 Å². The van der Waals surface area contributed by atoms with Crippen molar-refractivity contribution < 1.29 is 63.4 Å². The maximum absolute atomic E-state index is 15.4. The number of ether oxygens (including phenoxy) is 1. The molecular formula is C56H70FN9O12. The van der Waals surface area contributed by atoms with Crippen LogP contribution in [0, 0.1) is 12.7 Å². The number of ketones is 1. The first-order valence-electron chi connectivity index (χ1n) is 27.2. The molecule has 0 radical (unpaired) electrons. The Balaban J connectivity index is 0.732. The van der Waals surface area contributed by atoms with Crippen molar-refractivity contribution in [1.29, 1.82) is 0 Å². The van der Waals surface area contributed by atoms with Crippen LogP contribution in [0.3, 0.4) is 0 Å². The van der Waals surface area contributed by atoms with Crippen LogP contribution in [0.4, 0.5) is 4.39 Å². The highest BCUT2D eigenvalue weighted by atomic mass is 19.1. The zero-order valence-corrected chi connectivity index (χ0v) is 44.0. The molecule has 0 bridgehead atoms. The molecule has 1 aromatic carbocycles. The molecule has 418 valence electrons. The Labute approximate surface area is 450 Å². The Hall–Kier alpha value is -6.37. The summed E-state index contributed by atoms with van der Waals surface area (Å²) >= 11 is 0. The van der Waals surface area contributed by atoms with Crippen LogP contribution in [0.2, 0.25) is 0 Å². The van der Waals surface area contributed by atoms with E-state index in [0.717, 1.165) is 44.7 Å². The average Bonchev–Trinajstić information content (AvgIpc) is 4.02. The number of aliphatic hydroxyl groups excluding tert-OH is 4. The van der Waals surface area contributed by atoms with E-state index >= 15 is 4.39 Å². The number of carbonyl (C=O) groups excluding carboxylic acids is 6. The smallest absolute Gasteiger partial charge is 0.253 e. The lowest BCUT2D eigenvalue weighted by atomic mass is 9.81. The first-order valence-corrected chi connectivity index (χ1v) is 27.2. The number of nitrogens with zero attached hydrogens (tertiary/aromatic N) is 4. The summed E-state index contributed by atoms with van der Waals surface area (Å²) in [5.74, 6) is -2.81. The highest BCUT2D eigenvalue weighted by molar-refractivity contribution is 6.12. The third-order valence-corrected chi connectivity index (χ3v) is 16.0. The SMILES string of the molecule is CC[C@]1(O)C2=C(COC1O)C(O)N1Cc3c(nc4cc(F)c(C)c5c4c3[C@@H](NC(O)CCCC3=NC(C(=O)CNC(=O)C(CC4=CC=CCC4)NC(=O)CNC(O)CNC(=O)CCCCCN4C(=O)C=CC4=O)C3)CC5)C1=C2. The molecule has 9 rings (SSSR count). The highest BCUT2D eigenvalue weighted by Crippen LogP contribution is 2.50. The number of unbranched alkanes of at least 4 members (excludes halogenated alkanes) is 2. The molecule has 21 nitrogen and oxygen atoms in total. The molecular weight excluding hydrogens is 1010 g/mol. The summed E-state index contributed by atoms with van der Waals surface area (Å²) in [6.45, 7) is 3.11. The number of hydrogen-bond acceptors (Lipinski definition) is 17. The van der Waals surface area contributed by atoms with Gasteiger partial charge in [-0.1, -0.05) is 37.1 Å². The molecule has 10 N–H and O–H groups in total. The second-order valence-corrected chi connectivity index (χ2v) is 21.2. The van der Waals surface area contributed by atoms with E-state index in [4.69, 9.17) is 9.72 Å². The van der Waals surface area contributed by atoms with E-state index in [-0.39, 0.29) is 94.0 Å². The van der Waals surface area contributed by atoms with Crippen LogP contribution in [-0.4, -0.2) is 157 Å². The molecule has 0 spiro atoms. The first kappa shape index (κ1) is 56.4. The minimum Gasteiger partial charge on any atom is -0.380 e. The Morgan fingerprint density at radius 1 is 0.987 bits per heavy atom. The summed E-state index contributed by atoms with van der Waals surface area (Å²) in [5.41, 5.74) is 5.41. The number of halogens is 1. The van der Waals surface area contributed by atoms with Crippen molar-refractivity contribution in [3.63, 3.8) is 0 Å². The number of hydrogen-bond donors (Lipinski definition) is 10. The fourth-order valence-corrected chi connectivity index (χ4v) is 11.5. The van der Waals surface area contributed by atoms with E-state index in [1.54, 1.807) is 24.8 Å². The van der Waals surface area contributed by atoms with Crippen LogP contribution in [-0.2, 0) is 46.5 Å². The molecule has 2 aromatic rings. The maximum Gasteiger partial charge on any atom is 0.253 e. The number of benzene rings is 1. The number of pyridine rings is 1. The summed E-state index contributed by atoms with van der Waals surface area (Å²) in [5, 5.41) is 70.6. The second kappa shape index (κ2) is 24.3.